The summed E-state index contributed by atoms with van der Waals surface area (Å²) in [5, 5.41) is 21.8. The molecule has 1 fully saturated rings. The maximum absolute atomic E-state index is 11.5. The van der Waals surface area contributed by atoms with Crippen molar-refractivity contribution in [2.75, 3.05) is 18.9 Å². The Morgan fingerprint density at radius 3 is 2.65 bits per heavy atom. The van der Waals surface area contributed by atoms with Gasteiger partial charge < -0.3 is 15.5 Å². The Kier molecular flexibility index (Phi) is 5.76. The second-order valence-corrected chi connectivity index (χ2v) is 6.14. The predicted molar refractivity (Wildman–Crippen MR) is 70.4 cm³/mol. The van der Waals surface area contributed by atoms with Crippen LogP contribution in [0.1, 0.15) is 33.1 Å². The molecule has 4 nitrogen and oxygen atoms in total. The van der Waals surface area contributed by atoms with E-state index in [4.69, 9.17) is 5.11 Å². The van der Waals surface area contributed by atoms with Crippen molar-refractivity contribution in [1.82, 2.24) is 5.32 Å². The van der Waals surface area contributed by atoms with Crippen LogP contribution in [-0.4, -0.2) is 45.9 Å². The van der Waals surface area contributed by atoms with Gasteiger partial charge in [-0.3, -0.25) is 4.79 Å². The van der Waals surface area contributed by atoms with E-state index in [-0.39, 0.29) is 12.5 Å². The number of carboxylic acid groups (broad SMARTS) is 1. The summed E-state index contributed by atoms with van der Waals surface area (Å²) in [6.45, 7) is 4.82. The first-order valence-corrected chi connectivity index (χ1v) is 7.32. The molecule has 0 aromatic heterocycles. The fourth-order valence-electron chi connectivity index (χ4n) is 2.06. The van der Waals surface area contributed by atoms with Crippen molar-refractivity contribution >= 4 is 17.7 Å². The molecule has 1 aliphatic rings. The number of rotatable bonds is 9. The van der Waals surface area contributed by atoms with Crippen molar-refractivity contribution in [3.8, 4) is 0 Å². The molecule has 0 radical (unpaired) electrons. The maximum atomic E-state index is 11.5. The number of carbonyl (C=O) groups is 1. The summed E-state index contributed by atoms with van der Waals surface area (Å²) in [5.41, 5.74) is -0.761. The minimum Gasteiger partial charge on any atom is -0.480 e. The highest BCUT2D eigenvalue weighted by Crippen LogP contribution is 2.42. The standard InChI is InChI=1S/C12H23NO3S/c1-3-13-12(11(15)16,10-4-5-10)8-17-9(2)6-7-14/h9-10,13-14H,3-8H2,1-2H3,(H,15,16). The number of likely N-dealkylation sites (N-methyl/N-ethyl adjacent to an activating group) is 1. The van der Waals surface area contributed by atoms with Crippen LogP contribution < -0.4 is 5.32 Å². The third-order valence-corrected chi connectivity index (χ3v) is 4.71. The van der Waals surface area contributed by atoms with E-state index in [2.05, 4.69) is 5.32 Å². The largest absolute Gasteiger partial charge is 0.480 e. The molecule has 17 heavy (non-hydrogen) atoms. The van der Waals surface area contributed by atoms with E-state index in [1.54, 1.807) is 11.8 Å². The van der Waals surface area contributed by atoms with E-state index in [1.165, 1.54) is 0 Å². The normalized spacial score (nSPS) is 20.9. The second kappa shape index (κ2) is 6.61. The van der Waals surface area contributed by atoms with Gasteiger partial charge in [0.2, 0.25) is 0 Å². The average molecular weight is 261 g/mol. The Balaban J connectivity index is 2.59. The Hall–Kier alpha value is -0.260. The number of nitrogens with one attached hydrogen (secondary N) is 1. The second-order valence-electron chi connectivity index (χ2n) is 4.72. The molecule has 0 bridgehead atoms. The SMILES string of the molecule is CCNC(CSC(C)CCO)(C(=O)O)C1CC1. The number of aliphatic carboxylic acids is 1. The molecule has 0 amide bonds. The Labute approximate surface area is 107 Å². The Morgan fingerprint density at radius 1 is 1.59 bits per heavy atom. The van der Waals surface area contributed by atoms with Gasteiger partial charge in [-0.2, -0.15) is 11.8 Å². The Morgan fingerprint density at radius 2 is 2.24 bits per heavy atom. The molecule has 0 saturated heterocycles. The molecular weight excluding hydrogens is 238 g/mol. The lowest BCUT2D eigenvalue weighted by atomic mass is 9.96. The number of aliphatic hydroxyl groups is 1. The van der Waals surface area contributed by atoms with Crippen molar-refractivity contribution in [1.29, 1.82) is 0 Å². The summed E-state index contributed by atoms with van der Waals surface area (Å²) in [6.07, 6.45) is 2.74. The summed E-state index contributed by atoms with van der Waals surface area (Å²) in [7, 11) is 0. The molecule has 3 N–H and O–H groups in total. The van der Waals surface area contributed by atoms with Crippen LogP contribution in [0.15, 0.2) is 0 Å². The monoisotopic (exact) mass is 261 g/mol. The van der Waals surface area contributed by atoms with Crippen LogP contribution in [0.25, 0.3) is 0 Å². The van der Waals surface area contributed by atoms with Gasteiger partial charge in [0.05, 0.1) is 0 Å². The number of hydrogen-bond donors (Lipinski definition) is 3. The van der Waals surface area contributed by atoms with Crippen molar-refractivity contribution in [3.63, 3.8) is 0 Å². The van der Waals surface area contributed by atoms with Gasteiger partial charge in [0.1, 0.15) is 5.54 Å². The summed E-state index contributed by atoms with van der Waals surface area (Å²) >= 11 is 1.64. The number of thioether (sulfide) groups is 1. The van der Waals surface area contributed by atoms with Crippen molar-refractivity contribution in [2.45, 2.75) is 43.9 Å². The van der Waals surface area contributed by atoms with Gasteiger partial charge >= 0.3 is 5.97 Å². The van der Waals surface area contributed by atoms with E-state index in [1.807, 2.05) is 13.8 Å². The summed E-state index contributed by atoms with van der Waals surface area (Å²) in [4.78, 5) is 11.5. The highest BCUT2D eigenvalue weighted by molar-refractivity contribution is 8.00. The summed E-state index contributed by atoms with van der Waals surface area (Å²) < 4.78 is 0. The minimum absolute atomic E-state index is 0.166. The number of carboxylic acids is 1. The summed E-state index contributed by atoms with van der Waals surface area (Å²) in [6, 6.07) is 0. The molecule has 0 aliphatic heterocycles. The highest BCUT2D eigenvalue weighted by atomic mass is 32.2. The molecule has 0 aromatic carbocycles. The molecule has 100 valence electrons. The van der Waals surface area contributed by atoms with E-state index < -0.39 is 11.5 Å². The molecule has 1 aliphatic carbocycles. The molecule has 2 unspecified atom stereocenters. The smallest absolute Gasteiger partial charge is 0.325 e. The van der Waals surface area contributed by atoms with Crippen LogP contribution in [-0.2, 0) is 4.79 Å². The first kappa shape index (κ1) is 14.8. The molecule has 0 aromatic rings. The molecule has 2 atom stereocenters. The third kappa shape index (κ3) is 3.86. The van der Waals surface area contributed by atoms with Gasteiger partial charge in [-0.15, -0.1) is 0 Å². The van der Waals surface area contributed by atoms with E-state index in [0.29, 0.717) is 17.5 Å². The zero-order chi connectivity index (χ0) is 12.9. The van der Waals surface area contributed by atoms with Crippen LogP contribution in [0.3, 0.4) is 0 Å². The van der Waals surface area contributed by atoms with Crippen LogP contribution in [0, 0.1) is 5.92 Å². The number of hydrogen-bond acceptors (Lipinski definition) is 4. The zero-order valence-corrected chi connectivity index (χ0v) is 11.4. The topological polar surface area (TPSA) is 69.6 Å². The highest BCUT2D eigenvalue weighted by Gasteiger charge is 2.50. The quantitative estimate of drug-likeness (QED) is 0.584. The fraction of sp³-hybridized carbons (Fsp3) is 0.917. The van der Waals surface area contributed by atoms with Gasteiger partial charge in [0, 0.05) is 17.6 Å². The van der Waals surface area contributed by atoms with E-state index >= 15 is 0 Å². The first-order chi connectivity index (χ1) is 8.06. The van der Waals surface area contributed by atoms with Gasteiger partial charge in [-0.05, 0) is 31.7 Å². The van der Waals surface area contributed by atoms with Crippen molar-refractivity contribution in [2.24, 2.45) is 5.92 Å². The van der Waals surface area contributed by atoms with Crippen molar-refractivity contribution < 1.29 is 15.0 Å². The van der Waals surface area contributed by atoms with Crippen molar-refractivity contribution in [3.05, 3.63) is 0 Å². The minimum atomic E-state index is -0.761. The van der Waals surface area contributed by atoms with Crippen LogP contribution in [0.2, 0.25) is 0 Å². The van der Waals surface area contributed by atoms with Gasteiger partial charge in [-0.1, -0.05) is 13.8 Å². The lowest BCUT2D eigenvalue weighted by Gasteiger charge is -2.31. The zero-order valence-electron chi connectivity index (χ0n) is 10.6. The molecule has 5 heteroatoms. The van der Waals surface area contributed by atoms with Gasteiger partial charge in [-0.25, -0.2) is 0 Å². The lowest BCUT2D eigenvalue weighted by Crippen LogP contribution is -2.56. The molecule has 1 rings (SSSR count). The van der Waals surface area contributed by atoms with Crippen LogP contribution in [0.4, 0.5) is 0 Å². The average Bonchev–Trinajstić information content (AvgIpc) is 3.08. The van der Waals surface area contributed by atoms with Gasteiger partial charge in [0.15, 0.2) is 0 Å². The van der Waals surface area contributed by atoms with Crippen LogP contribution >= 0.6 is 11.8 Å². The van der Waals surface area contributed by atoms with Gasteiger partial charge in [0.25, 0.3) is 0 Å². The Bertz CT molecular complexity index is 258. The molecule has 0 heterocycles. The third-order valence-electron chi connectivity index (χ3n) is 3.28. The fourth-order valence-corrected chi connectivity index (χ4v) is 3.34. The lowest BCUT2D eigenvalue weighted by molar-refractivity contribution is -0.144. The molecule has 0 spiro atoms. The number of aliphatic hydroxyl groups excluding tert-OH is 1. The molecular formula is C12H23NO3S. The van der Waals surface area contributed by atoms with Crippen LogP contribution in [0.5, 0.6) is 0 Å². The van der Waals surface area contributed by atoms with E-state index in [9.17, 15) is 9.90 Å². The maximum Gasteiger partial charge on any atom is 0.325 e. The van der Waals surface area contributed by atoms with E-state index in [0.717, 1.165) is 19.3 Å². The first-order valence-electron chi connectivity index (χ1n) is 6.27. The predicted octanol–water partition coefficient (Wildman–Crippen LogP) is 1.33. The molecule has 1 saturated carbocycles. The summed E-state index contributed by atoms with van der Waals surface area (Å²) in [5.74, 6) is 0.126.